The Morgan fingerprint density at radius 1 is 1.35 bits per heavy atom. The van der Waals surface area contributed by atoms with E-state index in [1.807, 2.05) is 13.0 Å². The Balaban J connectivity index is 2.42. The Labute approximate surface area is 100 Å². The second-order valence-corrected chi connectivity index (χ2v) is 4.01. The van der Waals surface area contributed by atoms with Crippen molar-refractivity contribution in [1.82, 2.24) is 0 Å². The quantitative estimate of drug-likeness (QED) is 0.872. The number of carbonyl (C=O) groups is 1. The summed E-state index contributed by atoms with van der Waals surface area (Å²) in [4.78, 5) is 10.8. The molecule has 1 aromatic rings. The van der Waals surface area contributed by atoms with Crippen LogP contribution in [-0.2, 0) is 17.6 Å². The predicted octanol–water partition coefficient (Wildman–Crippen LogP) is 2.04. The fraction of sp³-hybridized carbons (Fsp3) is 0.462. The molecule has 1 aliphatic heterocycles. The van der Waals surface area contributed by atoms with Crippen molar-refractivity contribution in [2.45, 2.75) is 26.2 Å². The summed E-state index contributed by atoms with van der Waals surface area (Å²) in [6.45, 7) is 3.26. The maximum atomic E-state index is 10.8. The van der Waals surface area contributed by atoms with E-state index >= 15 is 0 Å². The molecule has 0 aromatic heterocycles. The first kappa shape index (κ1) is 11.8. The van der Waals surface area contributed by atoms with Gasteiger partial charge in [-0.15, -0.1) is 0 Å². The topological polar surface area (TPSA) is 55.8 Å². The molecular formula is C13H16O4. The number of carboxylic acids is 1. The van der Waals surface area contributed by atoms with Gasteiger partial charge in [0.05, 0.1) is 19.6 Å². The second kappa shape index (κ2) is 5.08. The van der Waals surface area contributed by atoms with Gasteiger partial charge in [-0.05, 0) is 18.1 Å². The summed E-state index contributed by atoms with van der Waals surface area (Å²) < 4.78 is 11.3. The zero-order valence-electron chi connectivity index (χ0n) is 9.86. The molecule has 0 saturated carbocycles. The van der Waals surface area contributed by atoms with Crippen LogP contribution in [0.15, 0.2) is 12.1 Å². The molecular weight excluding hydrogens is 220 g/mol. The van der Waals surface area contributed by atoms with Crippen molar-refractivity contribution in [3.63, 3.8) is 0 Å². The van der Waals surface area contributed by atoms with Crippen LogP contribution in [0.2, 0.25) is 0 Å². The standard InChI is InChI=1S/C13H16O4/c1-2-10-9(8-12(14)15)4-5-11-13(10)17-7-3-6-16-11/h4-5H,2-3,6-8H2,1H3,(H,14,15). The number of benzene rings is 1. The van der Waals surface area contributed by atoms with Crippen LogP contribution >= 0.6 is 0 Å². The fourth-order valence-electron chi connectivity index (χ4n) is 2.05. The van der Waals surface area contributed by atoms with E-state index in [1.165, 1.54) is 0 Å². The maximum absolute atomic E-state index is 10.8. The maximum Gasteiger partial charge on any atom is 0.307 e. The minimum atomic E-state index is -0.825. The number of rotatable bonds is 3. The lowest BCUT2D eigenvalue weighted by Crippen LogP contribution is -2.06. The predicted molar refractivity (Wildman–Crippen MR) is 62.8 cm³/mol. The van der Waals surface area contributed by atoms with Gasteiger partial charge in [0.15, 0.2) is 11.5 Å². The molecule has 2 rings (SSSR count). The highest BCUT2D eigenvalue weighted by Crippen LogP contribution is 2.36. The highest BCUT2D eigenvalue weighted by Gasteiger charge is 2.18. The van der Waals surface area contributed by atoms with Gasteiger partial charge >= 0.3 is 5.97 Å². The SMILES string of the molecule is CCc1c(CC(=O)O)ccc2c1OCCCO2. The first-order valence-electron chi connectivity index (χ1n) is 5.84. The molecule has 0 unspecified atom stereocenters. The molecule has 0 atom stereocenters. The van der Waals surface area contributed by atoms with Crippen molar-refractivity contribution in [2.24, 2.45) is 0 Å². The minimum absolute atomic E-state index is 0.0276. The summed E-state index contributed by atoms with van der Waals surface area (Å²) in [5.74, 6) is 0.631. The van der Waals surface area contributed by atoms with Crippen LogP contribution in [0, 0.1) is 0 Å². The Morgan fingerprint density at radius 2 is 2.12 bits per heavy atom. The molecule has 1 N–H and O–H groups in total. The van der Waals surface area contributed by atoms with E-state index in [0.717, 1.165) is 35.5 Å². The summed E-state index contributed by atoms with van der Waals surface area (Å²) in [5.41, 5.74) is 1.76. The van der Waals surface area contributed by atoms with Crippen LogP contribution in [0.5, 0.6) is 11.5 Å². The zero-order chi connectivity index (χ0) is 12.3. The number of hydrogen-bond acceptors (Lipinski definition) is 3. The molecule has 1 aliphatic rings. The highest BCUT2D eigenvalue weighted by atomic mass is 16.5. The third-order valence-electron chi connectivity index (χ3n) is 2.81. The van der Waals surface area contributed by atoms with E-state index in [-0.39, 0.29) is 6.42 Å². The average molecular weight is 236 g/mol. The molecule has 1 heterocycles. The molecule has 0 bridgehead atoms. The Kier molecular flexibility index (Phi) is 3.52. The zero-order valence-corrected chi connectivity index (χ0v) is 9.86. The molecule has 17 heavy (non-hydrogen) atoms. The van der Waals surface area contributed by atoms with Crippen molar-refractivity contribution in [2.75, 3.05) is 13.2 Å². The highest BCUT2D eigenvalue weighted by molar-refractivity contribution is 5.71. The van der Waals surface area contributed by atoms with Crippen molar-refractivity contribution in [1.29, 1.82) is 0 Å². The number of carboxylic acid groups (broad SMARTS) is 1. The smallest absolute Gasteiger partial charge is 0.307 e. The van der Waals surface area contributed by atoms with Crippen LogP contribution in [0.1, 0.15) is 24.5 Å². The minimum Gasteiger partial charge on any atom is -0.490 e. The number of ether oxygens (including phenoxy) is 2. The molecule has 0 aliphatic carbocycles. The lowest BCUT2D eigenvalue weighted by Gasteiger charge is -2.14. The first-order chi connectivity index (χ1) is 8.22. The van der Waals surface area contributed by atoms with Gasteiger partial charge in [-0.3, -0.25) is 4.79 Å². The van der Waals surface area contributed by atoms with Gasteiger partial charge in [0, 0.05) is 12.0 Å². The third-order valence-corrected chi connectivity index (χ3v) is 2.81. The van der Waals surface area contributed by atoms with Gasteiger partial charge in [0.1, 0.15) is 0 Å². The molecule has 4 heteroatoms. The van der Waals surface area contributed by atoms with E-state index in [4.69, 9.17) is 14.6 Å². The van der Waals surface area contributed by atoms with Crippen LogP contribution in [0.3, 0.4) is 0 Å². The van der Waals surface area contributed by atoms with E-state index in [9.17, 15) is 4.79 Å². The molecule has 0 saturated heterocycles. The number of hydrogen-bond donors (Lipinski definition) is 1. The fourth-order valence-corrected chi connectivity index (χ4v) is 2.05. The van der Waals surface area contributed by atoms with Crippen LogP contribution in [0.4, 0.5) is 0 Å². The van der Waals surface area contributed by atoms with Gasteiger partial charge in [0.25, 0.3) is 0 Å². The summed E-state index contributed by atoms with van der Waals surface area (Å²) in [7, 11) is 0. The van der Waals surface area contributed by atoms with Crippen LogP contribution in [0.25, 0.3) is 0 Å². The van der Waals surface area contributed by atoms with E-state index in [2.05, 4.69) is 0 Å². The second-order valence-electron chi connectivity index (χ2n) is 4.01. The Hall–Kier alpha value is -1.71. The third kappa shape index (κ3) is 2.52. The average Bonchev–Trinajstić information content (AvgIpc) is 2.53. The van der Waals surface area contributed by atoms with Gasteiger partial charge in [0.2, 0.25) is 0 Å². The van der Waals surface area contributed by atoms with Crippen molar-refractivity contribution >= 4 is 5.97 Å². The normalized spacial score (nSPS) is 14.2. The van der Waals surface area contributed by atoms with Gasteiger partial charge < -0.3 is 14.6 Å². The monoisotopic (exact) mass is 236 g/mol. The Bertz CT molecular complexity index is 426. The lowest BCUT2D eigenvalue weighted by atomic mass is 10.0. The van der Waals surface area contributed by atoms with Gasteiger partial charge in [-0.1, -0.05) is 13.0 Å². The van der Waals surface area contributed by atoms with E-state index < -0.39 is 5.97 Å². The molecule has 0 radical (unpaired) electrons. The van der Waals surface area contributed by atoms with E-state index in [0.29, 0.717) is 13.2 Å². The summed E-state index contributed by atoms with van der Waals surface area (Å²) in [5, 5.41) is 8.87. The van der Waals surface area contributed by atoms with Gasteiger partial charge in [-0.25, -0.2) is 0 Å². The molecule has 4 nitrogen and oxygen atoms in total. The van der Waals surface area contributed by atoms with Crippen LogP contribution in [-0.4, -0.2) is 24.3 Å². The van der Waals surface area contributed by atoms with Crippen LogP contribution < -0.4 is 9.47 Å². The van der Waals surface area contributed by atoms with Crippen molar-refractivity contribution in [3.05, 3.63) is 23.3 Å². The Morgan fingerprint density at radius 3 is 2.82 bits per heavy atom. The van der Waals surface area contributed by atoms with Crippen molar-refractivity contribution < 1.29 is 19.4 Å². The lowest BCUT2D eigenvalue weighted by molar-refractivity contribution is -0.136. The van der Waals surface area contributed by atoms with Gasteiger partial charge in [-0.2, -0.15) is 0 Å². The number of aliphatic carboxylic acids is 1. The van der Waals surface area contributed by atoms with E-state index in [1.54, 1.807) is 6.07 Å². The first-order valence-corrected chi connectivity index (χ1v) is 5.84. The molecule has 1 aromatic carbocycles. The summed E-state index contributed by atoms with van der Waals surface area (Å²) in [6, 6.07) is 3.62. The molecule has 0 fully saturated rings. The summed E-state index contributed by atoms with van der Waals surface area (Å²) >= 11 is 0. The molecule has 92 valence electrons. The van der Waals surface area contributed by atoms with Crippen molar-refractivity contribution in [3.8, 4) is 11.5 Å². The molecule has 0 amide bonds. The molecule has 0 spiro atoms. The summed E-state index contributed by atoms with van der Waals surface area (Å²) in [6.07, 6.45) is 1.63. The number of fused-ring (bicyclic) bond motifs is 1. The largest absolute Gasteiger partial charge is 0.490 e.